The maximum atomic E-state index is 13.9. The number of carbonyl (C=O) groups excluding carboxylic acids is 2. The topological polar surface area (TPSA) is 113 Å². The third kappa shape index (κ3) is 4.64. The molecule has 0 saturated carbocycles. The van der Waals surface area contributed by atoms with Crippen molar-refractivity contribution in [3.8, 4) is 0 Å². The molecule has 0 spiro atoms. The Hall–Kier alpha value is -3.53. The summed E-state index contributed by atoms with van der Waals surface area (Å²) in [4.78, 5) is 49.8. The summed E-state index contributed by atoms with van der Waals surface area (Å²) in [6.07, 6.45) is 0. The number of hydrogen-bond acceptors (Lipinski definition) is 6. The molecule has 0 aliphatic heterocycles. The van der Waals surface area contributed by atoms with Crippen LogP contribution in [0.1, 0.15) is 26.3 Å². The first kappa shape index (κ1) is 22.2. The van der Waals surface area contributed by atoms with E-state index in [2.05, 4.69) is 15.9 Å². The number of carbonyl (C=O) groups is 2. The van der Waals surface area contributed by atoms with E-state index in [0.717, 1.165) is 20.8 Å². The molecule has 0 atom stereocenters. The van der Waals surface area contributed by atoms with Crippen LogP contribution in [0.3, 0.4) is 0 Å². The van der Waals surface area contributed by atoms with Gasteiger partial charge in [0.25, 0.3) is 5.56 Å². The molecule has 0 saturated heterocycles. The van der Waals surface area contributed by atoms with Crippen molar-refractivity contribution in [1.82, 2.24) is 9.13 Å². The molecule has 0 unspecified atom stereocenters. The van der Waals surface area contributed by atoms with E-state index in [1.165, 1.54) is 19.2 Å². The Balaban J connectivity index is 1.89. The van der Waals surface area contributed by atoms with Crippen LogP contribution in [0, 0.1) is 5.82 Å². The monoisotopic (exact) mass is 489 g/mol. The van der Waals surface area contributed by atoms with Gasteiger partial charge in [-0.25, -0.2) is 14.0 Å². The van der Waals surface area contributed by atoms with Crippen LogP contribution in [0.15, 0.2) is 62.6 Å². The van der Waals surface area contributed by atoms with Crippen LogP contribution in [0.4, 0.5) is 10.2 Å². The Labute approximate surface area is 183 Å². The smallest absolute Gasteiger partial charge is 0.341 e. The molecule has 0 radical (unpaired) electrons. The number of nitrogens with zero attached hydrogens (tertiary/aromatic N) is 2. The summed E-state index contributed by atoms with van der Waals surface area (Å²) in [5.41, 5.74) is 4.25. The third-order valence-electron chi connectivity index (χ3n) is 4.53. The minimum absolute atomic E-state index is 0.0315. The lowest BCUT2D eigenvalue weighted by Crippen LogP contribution is -2.43. The molecule has 0 amide bonds. The Morgan fingerprint density at radius 1 is 1.13 bits per heavy atom. The predicted molar refractivity (Wildman–Crippen MR) is 115 cm³/mol. The molecule has 8 nitrogen and oxygen atoms in total. The second-order valence-electron chi connectivity index (χ2n) is 6.60. The Morgan fingerprint density at radius 2 is 1.81 bits per heavy atom. The molecule has 3 rings (SSSR count). The van der Waals surface area contributed by atoms with Crippen molar-refractivity contribution in [2.24, 2.45) is 7.05 Å². The maximum Gasteiger partial charge on any atom is 0.341 e. The number of halogens is 2. The molecule has 3 aromatic rings. The standard InChI is InChI=1S/C21H17BrFN3O5/c1-25-19(28)17(18(24)26(21(25)30)10-12-5-3-2-4-6-12)16(27)11-31-20(29)14-8-7-13(22)9-15(14)23/h2-9H,10-11,24H2,1H3. The number of nitrogens with two attached hydrogens (primary N) is 1. The van der Waals surface area contributed by atoms with E-state index >= 15 is 0 Å². The SMILES string of the molecule is Cn1c(=O)c(C(=O)COC(=O)c2ccc(Br)cc2F)c(N)n(Cc2ccccc2)c1=O. The van der Waals surface area contributed by atoms with Crippen molar-refractivity contribution < 1.29 is 18.7 Å². The third-order valence-corrected chi connectivity index (χ3v) is 5.02. The predicted octanol–water partition coefficient (Wildman–Crippen LogP) is 2.12. The summed E-state index contributed by atoms with van der Waals surface area (Å²) in [7, 11) is 1.21. The van der Waals surface area contributed by atoms with Gasteiger partial charge in [0.1, 0.15) is 17.2 Å². The largest absolute Gasteiger partial charge is 0.454 e. The zero-order chi connectivity index (χ0) is 22.7. The molecule has 0 aliphatic carbocycles. The summed E-state index contributed by atoms with van der Waals surface area (Å²) in [6, 6.07) is 12.6. The normalized spacial score (nSPS) is 10.7. The molecule has 0 bridgehead atoms. The van der Waals surface area contributed by atoms with E-state index in [1.807, 2.05) is 0 Å². The average molecular weight is 490 g/mol. The molecule has 2 N–H and O–H groups in total. The van der Waals surface area contributed by atoms with Crippen molar-refractivity contribution in [3.05, 3.63) is 96.3 Å². The fraction of sp³-hybridized carbons (Fsp3) is 0.143. The fourth-order valence-corrected chi connectivity index (χ4v) is 3.23. The van der Waals surface area contributed by atoms with Gasteiger partial charge in [0, 0.05) is 11.5 Å². The zero-order valence-corrected chi connectivity index (χ0v) is 17.9. The van der Waals surface area contributed by atoms with Gasteiger partial charge in [-0.15, -0.1) is 0 Å². The van der Waals surface area contributed by atoms with Gasteiger partial charge in [0.2, 0.25) is 5.78 Å². The summed E-state index contributed by atoms with van der Waals surface area (Å²) >= 11 is 3.07. The van der Waals surface area contributed by atoms with E-state index in [4.69, 9.17) is 10.5 Å². The van der Waals surface area contributed by atoms with Gasteiger partial charge in [0.15, 0.2) is 6.61 Å². The van der Waals surface area contributed by atoms with Crippen LogP contribution < -0.4 is 17.0 Å². The molecule has 2 aromatic carbocycles. The van der Waals surface area contributed by atoms with E-state index < -0.39 is 41.0 Å². The lowest BCUT2D eigenvalue weighted by Gasteiger charge is -2.15. The summed E-state index contributed by atoms with van der Waals surface area (Å²) in [6.45, 7) is -0.818. The first-order valence-electron chi connectivity index (χ1n) is 8.99. The highest BCUT2D eigenvalue weighted by Gasteiger charge is 2.23. The number of ketones is 1. The summed E-state index contributed by atoms with van der Waals surface area (Å²) in [5.74, 6) is -3.16. The average Bonchev–Trinajstić information content (AvgIpc) is 2.74. The Kier molecular flexibility index (Phi) is 6.50. The van der Waals surface area contributed by atoms with Gasteiger partial charge in [-0.3, -0.25) is 18.7 Å². The van der Waals surface area contributed by atoms with E-state index in [-0.39, 0.29) is 17.9 Å². The van der Waals surface area contributed by atoms with Crippen LogP contribution >= 0.6 is 15.9 Å². The maximum absolute atomic E-state index is 13.9. The Bertz CT molecular complexity index is 1280. The van der Waals surface area contributed by atoms with Crippen LogP contribution in [0.5, 0.6) is 0 Å². The van der Waals surface area contributed by atoms with Crippen LogP contribution in [0.25, 0.3) is 0 Å². The molecular formula is C21H17BrFN3O5. The van der Waals surface area contributed by atoms with E-state index in [1.54, 1.807) is 30.3 Å². The van der Waals surface area contributed by atoms with Gasteiger partial charge >= 0.3 is 11.7 Å². The van der Waals surface area contributed by atoms with Gasteiger partial charge in [-0.2, -0.15) is 0 Å². The number of hydrogen-bond donors (Lipinski definition) is 1. The van der Waals surface area contributed by atoms with Crippen molar-refractivity contribution in [1.29, 1.82) is 0 Å². The molecular weight excluding hydrogens is 473 g/mol. The highest BCUT2D eigenvalue weighted by atomic mass is 79.9. The molecule has 31 heavy (non-hydrogen) atoms. The van der Waals surface area contributed by atoms with Crippen molar-refractivity contribution in [2.45, 2.75) is 6.54 Å². The lowest BCUT2D eigenvalue weighted by atomic mass is 10.1. The minimum atomic E-state index is -1.08. The van der Waals surface area contributed by atoms with Crippen molar-refractivity contribution in [2.75, 3.05) is 12.3 Å². The molecule has 10 heteroatoms. The Morgan fingerprint density at radius 3 is 2.45 bits per heavy atom. The number of aromatic nitrogens is 2. The quantitative estimate of drug-likeness (QED) is 0.419. The number of anilines is 1. The van der Waals surface area contributed by atoms with Crippen LogP contribution in [0.2, 0.25) is 0 Å². The second-order valence-corrected chi connectivity index (χ2v) is 7.52. The number of Topliss-reactive ketones (excluding diaryl/α,β-unsaturated/α-hetero) is 1. The van der Waals surface area contributed by atoms with Crippen LogP contribution in [-0.4, -0.2) is 27.5 Å². The highest BCUT2D eigenvalue weighted by Crippen LogP contribution is 2.16. The van der Waals surface area contributed by atoms with Gasteiger partial charge in [-0.1, -0.05) is 46.3 Å². The number of esters is 1. The van der Waals surface area contributed by atoms with E-state index in [9.17, 15) is 23.6 Å². The molecule has 0 aliphatic rings. The fourth-order valence-electron chi connectivity index (χ4n) is 2.90. The van der Waals surface area contributed by atoms with Crippen molar-refractivity contribution in [3.63, 3.8) is 0 Å². The second kappa shape index (κ2) is 9.09. The molecule has 0 fully saturated rings. The van der Waals surface area contributed by atoms with Gasteiger partial charge in [0.05, 0.1) is 12.1 Å². The molecule has 1 aromatic heterocycles. The summed E-state index contributed by atoms with van der Waals surface area (Å²) < 4.78 is 21.0. The number of rotatable bonds is 6. The number of ether oxygens (including phenoxy) is 1. The summed E-state index contributed by atoms with van der Waals surface area (Å²) in [5, 5.41) is 0. The number of nitrogen functional groups attached to an aromatic ring is 1. The zero-order valence-electron chi connectivity index (χ0n) is 16.3. The van der Waals surface area contributed by atoms with E-state index in [0.29, 0.717) is 4.47 Å². The highest BCUT2D eigenvalue weighted by molar-refractivity contribution is 9.10. The molecule has 1 heterocycles. The number of benzene rings is 2. The minimum Gasteiger partial charge on any atom is -0.454 e. The first-order chi connectivity index (χ1) is 14.7. The van der Waals surface area contributed by atoms with Crippen molar-refractivity contribution >= 4 is 33.5 Å². The lowest BCUT2D eigenvalue weighted by molar-refractivity contribution is 0.0469. The first-order valence-corrected chi connectivity index (χ1v) is 9.78. The molecule has 160 valence electrons. The van der Waals surface area contributed by atoms with Crippen LogP contribution in [-0.2, 0) is 18.3 Å². The van der Waals surface area contributed by atoms with Gasteiger partial charge < -0.3 is 10.5 Å². The van der Waals surface area contributed by atoms with Gasteiger partial charge in [-0.05, 0) is 23.8 Å².